The number of carbonyl (C=O) groups is 1. The van der Waals surface area contributed by atoms with Gasteiger partial charge < -0.3 is 10.1 Å². The molecule has 4 heteroatoms. The molecular formula is C21H18FNO2. The van der Waals surface area contributed by atoms with Crippen LogP contribution in [0.2, 0.25) is 0 Å². The largest absolute Gasteiger partial charge is 0.497 e. The minimum atomic E-state index is -0.540. The van der Waals surface area contributed by atoms with Crippen molar-refractivity contribution in [1.82, 2.24) is 5.32 Å². The SMILES string of the molecule is COc1ccc([C@@H](NC(=O)c2ccccc2F)c2ccccc2)cc1. The lowest BCUT2D eigenvalue weighted by atomic mass is 9.98. The third-order valence-electron chi connectivity index (χ3n) is 3.98. The van der Waals surface area contributed by atoms with E-state index in [9.17, 15) is 9.18 Å². The van der Waals surface area contributed by atoms with Crippen LogP contribution in [-0.2, 0) is 0 Å². The van der Waals surface area contributed by atoms with Crippen LogP contribution in [0.4, 0.5) is 4.39 Å². The Labute approximate surface area is 146 Å². The monoisotopic (exact) mass is 335 g/mol. The van der Waals surface area contributed by atoms with Gasteiger partial charge in [-0.1, -0.05) is 54.6 Å². The summed E-state index contributed by atoms with van der Waals surface area (Å²) in [7, 11) is 1.60. The van der Waals surface area contributed by atoms with Crippen LogP contribution in [0.15, 0.2) is 78.9 Å². The molecular weight excluding hydrogens is 317 g/mol. The van der Waals surface area contributed by atoms with E-state index in [2.05, 4.69) is 5.32 Å². The molecule has 1 atom stereocenters. The fraction of sp³-hybridized carbons (Fsp3) is 0.0952. The van der Waals surface area contributed by atoms with Gasteiger partial charge in [0.05, 0.1) is 18.7 Å². The first-order valence-corrected chi connectivity index (χ1v) is 7.93. The summed E-state index contributed by atoms with van der Waals surface area (Å²) in [6.07, 6.45) is 0. The fourth-order valence-electron chi connectivity index (χ4n) is 2.66. The highest BCUT2D eigenvalue weighted by molar-refractivity contribution is 5.94. The maximum absolute atomic E-state index is 13.9. The first-order valence-electron chi connectivity index (χ1n) is 7.93. The molecule has 0 radical (unpaired) electrons. The summed E-state index contributed by atoms with van der Waals surface area (Å²) in [6.45, 7) is 0. The second kappa shape index (κ2) is 7.62. The molecule has 1 amide bonds. The Morgan fingerprint density at radius 3 is 2.12 bits per heavy atom. The summed E-state index contributed by atoms with van der Waals surface area (Å²) in [5.74, 6) is -0.264. The molecule has 0 aliphatic rings. The Kier molecular flexibility index (Phi) is 5.09. The lowest BCUT2D eigenvalue weighted by Gasteiger charge is -2.20. The number of nitrogens with one attached hydrogen (secondary N) is 1. The summed E-state index contributed by atoms with van der Waals surface area (Å²) >= 11 is 0. The van der Waals surface area contributed by atoms with E-state index in [1.54, 1.807) is 19.2 Å². The molecule has 0 fully saturated rings. The van der Waals surface area contributed by atoms with E-state index in [4.69, 9.17) is 4.74 Å². The highest BCUT2D eigenvalue weighted by Crippen LogP contribution is 2.24. The zero-order chi connectivity index (χ0) is 17.6. The molecule has 0 aromatic heterocycles. The summed E-state index contributed by atoms with van der Waals surface area (Å²) in [4.78, 5) is 12.6. The summed E-state index contributed by atoms with van der Waals surface area (Å²) < 4.78 is 19.1. The van der Waals surface area contributed by atoms with Crippen molar-refractivity contribution in [3.05, 3.63) is 101 Å². The van der Waals surface area contributed by atoms with Crippen LogP contribution in [0.1, 0.15) is 27.5 Å². The van der Waals surface area contributed by atoms with Crippen molar-refractivity contribution >= 4 is 5.91 Å². The molecule has 126 valence electrons. The number of hydrogen-bond donors (Lipinski definition) is 1. The van der Waals surface area contributed by atoms with Crippen molar-refractivity contribution in [2.24, 2.45) is 0 Å². The van der Waals surface area contributed by atoms with Gasteiger partial charge in [-0.3, -0.25) is 4.79 Å². The molecule has 0 aliphatic carbocycles. The molecule has 1 N–H and O–H groups in total. The Morgan fingerprint density at radius 1 is 0.880 bits per heavy atom. The van der Waals surface area contributed by atoms with Gasteiger partial charge in [0, 0.05) is 0 Å². The van der Waals surface area contributed by atoms with E-state index in [1.165, 1.54) is 12.1 Å². The zero-order valence-electron chi connectivity index (χ0n) is 13.8. The fourth-order valence-corrected chi connectivity index (χ4v) is 2.66. The van der Waals surface area contributed by atoms with Crippen LogP contribution in [-0.4, -0.2) is 13.0 Å². The summed E-state index contributed by atoms with van der Waals surface area (Å²) in [6, 6.07) is 22.6. The number of halogens is 1. The first-order chi connectivity index (χ1) is 12.2. The number of methoxy groups -OCH3 is 1. The smallest absolute Gasteiger partial charge is 0.255 e. The molecule has 3 aromatic rings. The van der Waals surface area contributed by atoms with Gasteiger partial charge in [0.2, 0.25) is 0 Å². The van der Waals surface area contributed by atoms with E-state index in [0.717, 1.165) is 16.9 Å². The maximum Gasteiger partial charge on any atom is 0.255 e. The number of benzene rings is 3. The van der Waals surface area contributed by atoms with Crippen molar-refractivity contribution in [3.8, 4) is 5.75 Å². The number of carbonyl (C=O) groups excluding carboxylic acids is 1. The Bertz CT molecular complexity index is 847. The predicted molar refractivity (Wildman–Crippen MR) is 95.1 cm³/mol. The molecule has 3 nitrogen and oxygen atoms in total. The van der Waals surface area contributed by atoms with Crippen molar-refractivity contribution in [3.63, 3.8) is 0 Å². The summed E-state index contributed by atoms with van der Waals surface area (Å²) in [5, 5.41) is 2.92. The van der Waals surface area contributed by atoms with Crippen LogP contribution in [0.25, 0.3) is 0 Å². The van der Waals surface area contributed by atoms with Gasteiger partial charge in [0.15, 0.2) is 0 Å². The molecule has 0 spiro atoms. The Balaban J connectivity index is 1.94. The standard InChI is InChI=1S/C21H18FNO2/c1-25-17-13-11-16(12-14-17)20(15-7-3-2-4-8-15)23-21(24)18-9-5-6-10-19(18)22/h2-14,20H,1H3,(H,23,24)/t20-/m0/s1. The van der Waals surface area contributed by atoms with Gasteiger partial charge in [-0.05, 0) is 35.4 Å². The normalized spacial score (nSPS) is 11.6. The molecule has 3 rings (SSSR count). The molecule has 0 heterocycles. The van der Waals surface area contributed by atoms with E-state index in [-0.39, 0.29) is 11.6 Å². The Morgan fingerprint density at radius 2 is 1.48 bits per heavy atom. The van der Waals surface area contributed by atoms with Gasteiger partial charge >= 0.3 is 0 Å². The van der Waals surface area contributed by atoms with Crippen molar-refractivity contribution in [2.75, 3.05) is 7.11 Å². The van der Waals surface area contributed by atoms with E-state index in [1.807, 2.05) is 54.6 Å². The average molecular weight is 335 g/mol. The van der Waals surface area contributed by atoms with Crippen LogP contribution < -0.4 is 10.1 Å². The third-order valence-corrected chi connectivity index (χ3v) is 3.98. The predicted octanol–water partition coefficient (Wildman–Crippen LogP) is 4.35. The summed E-state index contributed by atoms with van der Waals surface area (Å²) in [5.41, 5.74) is 1.82. The topological polar surface area (TPSA) is 38.3 Å². The number of ether oxygens (including phenoxy) is 1. The zero-order valence-corrected chi connectivity index (χ0v) is 13.8. The number of rotatable bonds is 5. The number of hydrogen-bond acceptors (Lipinski definition) is 2. The van der Waals surface area contributed by atoms with E-state index in [0.29, 0.717) is 0 Å². The molecule has 0 unspecified atom stereocenters. The van der Waals surface area contributed by atoms with Gasteiger partial charge in [-0.2, -0.15) is 0 Å². The quantitative estimate of drug-likeness (QED) is 0.752. The highest BCUT2D eigenvalue weighted by atomic mass is 19.1. The highest BCUT2D eigenvalue weighted by Gasteiger charge is 2.19. The van der Waals surface area contributed by atoms with Crippen LogP contribution in [0.5, 0.6) is 5.75 Å². The average Bonchev–Trinajstić information content (AvgIpc) is 2.67. The second-order valence-electron chi connectivity index (χ2n) is 5.57. The van der Waals surface area contributed by atoms with Crippen molar-refractivity contribution in [1.29, 1.82) is 0 Å². The molecule has 3 aromatic carbocycles. The van der Waals surface area contributed by atoms with Crippen molar-refractivity contribution in [2.45, 2.75) is 6.04 Å². The van der Waals surface area contributed by atoms with E-state index < -0.39 is 11.7 Å². The van der Waals surface area contributed by atoms with Crippen LogP contribution >= 0.6 is 0 Å². The van der Waals surface area contributed by atoms with Gasteiger partial charge in [0.25, 0.3) is 5.91 Å². The van der Waals surface area contributed by atoms with Crippen LogP contribution in [0.3, 0.4) is 0 Å². The van der Waals surface area contributed by atoms with Gasteiger partial charge in [-0.25, -0.2) is 4.39 Å². The Hall–Kier alpha value is -3.14. The van der Waals surface area contributed by atoms with Crippen molar-refractivity contribution < 1.29 is 13.9 Å². The molecule has 0 saturated heterocycles. The minimum absolute atomic E-state index is 0.0249. The molecule has 25 heavy (non-hydrogen) atoms. The second-order valence-corrected chi connectivity index (χ2v) is 5.57. The first kappa shape index (κ1) is 16.7. The van der Waals surface area contributed by atoms with Gasteiger partial charge in [-0.15, -0.1) is 0 Å². The van der Waals surface area contributed by atoms with Crippen LogP contribution in [0, 0.1) is 5.82 Å². The molecule has 0 saturated carbocycles. The number of amides is 1. The lowest BCUT2D eigenvalue weighted by molar-refractivity contribution is 0.0939. The molecule has 0 bridgehead atoms. The minimum Gasteiger partial charge on any atom is -0.497 e. The van der Waals surface area contributed by atoms with E-state index >= 15 is 0 Å². The molecule has 0 aliphatic heterocycles. The lowest BCUT2D eigenvalue weighted by Crippen LogP contribution is -2.30. The third kappa shape index (κ3) is 3.86. The maximum atomic E-state index is 13.9. The van der Waals surface area contributed by atoms with Gasteiger partial charge in [0.1, 0.15) is 11.6 Å².